The van der Waals surface area contributed by atoms with E-state index in [-0.39, 0.29) is 18.2 Å². The number of esters is 1. The molecule has 1 heterocycles. The van der Waals surface area contributed by atoms with Gasteiger partial charge in [0.2, 0.25) is 0 Å². The molecule has 1 amide bonds. The monoisotopic (exact) mass is 366 g/mol. The molecule has 0 atom stereocenters. The van der Waals surface area contributed by atoms with E-state index in [1.165, 1.54) is 0 Å². The SMILES string of the molecule is COc1cccc(CNC(=O)COC(=O)c2cc(Br)c[nH]2)c1. The van der Waals surface area contributed by atoms with Crippen LogP contribution in [0.2, 0.25) is 0 Å². The summed E-state index contributed by atoms with van der Waals surface area (Å²) >= 11 is 3.21. The molecule has 2 rings (SSSR count). The van der Waals surface area contributed by atoms with E-state index in [9.17, 15) is 9.59 Å². The second kappa shape index (κ2) is 7.65. The standard InChI is InChI=1S/C15H15BrN2O4/c1-21-12-4-2-3-10(5-12)7-18-14(19)9-22-15(20)13-6-11(16)8-17-13/h2-6,8,17H,7,9H2,1H3,(H,18,19). The van der Waals surface area contributed by atoms with Crippen LogP contribution in [-0.2, 0) is 16.1 Å². The molecular formula is C15H15BrN2O4. The number of aromatic amines is 1. The van der Waals surface area contributed by atoms with Crippen molar-refractivity contribution in [1.82, 2.24) is 10.3 Å². The summed E-state index contributed by atoms with van der Waals surface area (Å²) in [5, 5.41) is 2.67. The van der Waals surface area contributed by atoms with Crippen molar-refractivity contribution in [2.24, 2.45) is 0 Å². The lowest BCUT2D eigenvalue weighted by Crippen LogP contribution is -2.28. The number of carbonyl (C=O) groups is 2. The molecule has 0 fully saturated rings. The van der Waals surface area contributed by atoms with Crippen LogP contribution in [0.4, 0.5) is 0 Å². The predicted octanol–water partition coefficient (Wildman–Crippen LogP) is 2.26. The Kier molecular flexibility index (Phi) is 5.60. The molecule has 0 aliphatic heterocycles. The molecular weight excluding hydrogens is 352 g/mol. The third-order valence-electron chi connectivity index (χ3n) is 2.83. The molecule has 2 aromatic rings. The number of rotatable bonds is 6. The Hall–Kier alpha value is -2.28. The summed E-state index contributed by atoms with van der Waals surface area (Å²) in [6, 6.07) is 8.93. The number of aromatic nitrogens is 1. The van der Waals surface area contributed by atoms with Gasteiger partial charge in [-0.15, -0.1) is 0 Å². The lowest BCUT2D eigenvalue weighted by Gasteiger charge is -2.07. The van der Waals surface area contributed by atoms with Gasteiger partial charge in [0.25, 0.3) is 5.91 Å². The van der Waals surface area contributed by atoms with Gasteiger partial charge in [0.05, 0.1) is 7.11 Å². The van der Waals surface area contributed by atoms with E-state index in [4.69, 9.17) is 9.47 Å². The maximum atomic E-state index is 11.7. The molecule has 1 aromatic heterocycles. The Morgan fingerprint density at radius 2 is 2.14 bits per heavy atom. The van der Waals surface area contributed by atoms with Gasteiger partial charge in [-0.05, 0) is 39.7 Å². The van der Waals surface area contributed by atoms with E-state index in [0.717, 1.165) is 15.8 Å². The van der Waals surface area contributed by atoms with Crippen molar-refractivity contribution < 1.29 is 19.1 Å². The van der Waals surface area contributed by atoms with Gasteiger partial charge in [-0.1, -0.05) is 12.1 Å². The van der Waals surface area contributed by atoms with E-state index >= 15 is 0 Å². The van der Waals surface area contributed by atoms with Crippen molar-refractivity contribution >= 4 is 27.8 Å². The minimum Gasteiger partial charge on any atom is -0.497 e. The first kappa shape index (κ1) is 16.1. The van der Waals surface area contributed by atoms with Gasteiger partial charge in [0.1, 0.15) is 11.4 Å². The number of hydrogen-bond donors (Lipinski definition) is 2. The van der Waals surface area contributed by atoms with Crippen molar-refractivity contribution in [3.63, 3.8) is 0 Å². The molecule has 0 radical (unpaired) electrons. The molecule has 6 nitrogen and oxygen atoms in total. The van der Waals surface area contributed by atoms with Gasteiger partial charge in [-0.25, -0.2) is 4.79 Å². The van der Waals surface area contributed by atoms with Crippen molar-refractivity contribution in [1.29, 1.82) is 0 Å². The van der Waals surface area contributed by atoms with Crippen LogP contribution in [0.1, 0.15) is 16.1 Å². The summed E-state index contributed by atoms with van der Waals surface area (Å²) in [6.45, 7) is 0.00107. The second-order valence-corrected chi connectivity index (χ2v) is 5.35. The van der Waals surface area contributed by atoms with E-state index in [1.807, 2.05) is 24.3 Å². The number of ether oxygens (including phenoxy) is 2. The highest BCUT2D eigenvalue weighted by Crippen LogP contribution is 2.12. The van der Waals surface area contributed by atoms with E-state index in [2.05, 4.69) is 26.2 Å². The number of carbonyl (C=O) groups excluding carboxylic acids is 2. The Labute approximate surface area is 135 Å². The lowest BCUT2D eigenvalue weighted by molar-refractivity contribution is -0.124. The zero-order valence-electron chi connectivity index (χ0n) is 11.9. The average Bonchev–Trinajstić information content (AvgIpc) is 2.97. The highest BCUT2D eigenvalue weighted by molar-refractivity contribution is 9.10. The molecule has 0 aliphatic carbocycles. The van der Waals surface area contributed by atoms with E-state index < -0.39 is 5.97 Å². The number of methoxy groups -OCH3 is 1. The Morgan fingerprint density at radius 1 is 1.32 bits per heavy atom. The molecule has 0 saturated heterocycles. The molecule has 0 bridgehead atoms. The summed E-state index contributed by atoms with van der Waals surface area (Å²) in [7, 11) is 1.58. The molecule has 0 unspecified atom stereocenters. The fourth-order valence-corrected chi connectivity index (χ4v) is 2.07. The Bertz CT molecular complexity index is 669. The molecule has 116 valence electrons. The maximum Gasteiger partial charge on any atom is 0.355 e. The van der Waals surface area contributed by atoms with Gasteiger partial charge < -0.3 is 19.8 Å². The number of H-pyrrole nitrogens is 1. The van der Waals surface area contributed by atoms with Crippen LogP contribution in [0.25, 0.3) is 0 Å². The summed E-state index contributed by atoms with van der Waals surface area (Å²) < 4.78 is 10.7. The van der Waals surface area contributed by atoms with Gasteiger partial charge in [-0.2, -0.15) is 0 Å². The number of amides is 1. The fourth-order valence-electron chi connectivity index (χ4n) is 1.73. The van der Waals surface area contributed by atoms with E-state index in [0.29, 0.717) is 6.54 Å². The van der Waals surface area contributed by atoms with Crippen molar-refractivity contribution in [2.75, 3.05) is 13.7 Å². The number of hydrogen-bond acceptors (Lipinski definition) is 4. The van der Waals surface area contributed by atoms with Crippen molar-refractivity contribution in [2.45, 2.75) is 6.54 Å². The number of halogens is 1. The minimum absolute atomic E-state index is 0.285. The topological polar surface area (TPSA) is 80.4 Å². The zero-order chi connectivity index (χ0) is 15.9. The maximum absolute atomic E-state index is 11.7. The van der Waals surface area contributed by atoms with Crippen LogP contribution >= 0.6 is 15.9 Å². The first-order chi connectivity index (χ1) is 10.6. The quantitative estimate of drug-likeness (QED) is 0.768. The Balaban J connectivity index is 1.77. The van der Waals surface area contributed by atoms with Crippen molar-refractivity contribution in [3.8, 4) is 5.75 Å². The molecule has 0 saturated carbocycles. The van der Waals surface area contributed by atoms with Crippen molar-refractivity contribution in [3.05, 3.63) is 52.3 Å². The largest absolute Gasteiger partial charge is 0.497 e. The van der Waals surface area contributed by atoms with Crippen LogP contribution in [0.15, 0.2) is 41.0 Å². The average molecular weight is 367 g/mol. The molecule has 22 heavy (non-hydrogen) atoms. The third kappa shape index (κ3) is 4.63. The summed E-state index contributed by atoms with van der Waals surface area (Å²) in [5.41, 5.74) is 1.18. The fraction of sp³-hybridized carbons (Fsp3) is 0.200. The highest BCUT2D eigenvalue weighted by Gasteiger charge is 2.11. The van der Waals surface area contributed by atoms with Gasteiger partial charge in [-0.3, -0.25) is 4.79 Å². The van der Waals surface area contributed by atoms with Crippen LogP contribution in [0.3, 0.4) is 0 Å². The molecule has 7 heteroatoms. The molecule has 1 aromatic carbocycles. The van der Waals surface area contributed by atoms with Crippen LogP contribution in [0.5, 0.6) is 5.75 Å². The number of nitrogens with one attached hydrogen (secondary N) is 2. The highest BCUT2D eigenvalue weighted by atomic mass is 79.9. The first-order valence-corrected chi connectivity index (χ1v) is 7.28. The molecule has 0 spiro atoms. The number of benzene rings is 1. The minimum atomic E-state index is -0.581. The summed E-state index contributed by atoms with van der Waals surface area (Å²) in [5.74, 6) is -0.237. The normalized spacial score (nSPS) is 10.1. The zero-order valence-corrected chi connectivity index (χ0v) is 13.5. The predicted molar refractivity (Wildman–Crippen MR) is 83.6 cm³/mol. The smallest absolute Gasteiger partial charge is 0.355 e. The third-order valence-corrected chi connectivity index (χ3v) is 3.28. The van der Waals surface area contributed by atoms with Crippen LogP contribution in [0, 0.1) is 0 Å². The first-order valence-electron chi connectivity index (χ1n) is 6.49. The second-order valence-electron chi connectivity index (χ2n) is 4.44. The van der Waals surface area contributed by atoms with E-state index in [1.54, 1.807) is 19.4 Å². The lowest BCUT2D eigenvalue weighted by atomic mass is 10.2. The summed E-state index contributed by atoms with van der Waals surface area (Å²) in [4.78, 5) is 26.1. The van der Waals surface area contributed by atoms with Gasteiger partial charge in [0.15, 0.2) is 6.61 Å². The van der Waals surface area contributed by atoms with Gasteiger partial charge >= 0.3 is 5.97 Å². The molecule has 0 aliphatic rings. The summed E-state index contributed by atoms with van der Waals surface area (Å²) in [6.07, 6.45) is 1.61. The molecule has 2 N–H and O–H groups in total. The van der Waals surface area contributed by atoms with Gasteiger partial charge in [0, 0.05) is 17.2 Å². The Morgan fingerprint density at radius 3 is 2.82 bits per heavy atom. The van der Waals surface area contributed by atoms with Crippen LogP contribution < -0.4 is 10.1 Å². The van der Waals surface area contributed by atoms with Crippen LogP contribution in [-0.4, -0.2) is 30.6 Å².